The molecule has 1 radical (unpaired) electrons. The maximum atomic E-state index is 11.4. The van der Waals surface area contributed by atoms with E-state index in [0.29, 0.717) is 23.0 Å². The van der Waals surface area contributed by atoms with E-state index < -0.39 is 6.10 Å². The lowest BCUT2D eigenvalue weighted by Crippen LogP contribution is -2.22. The number of pyridine rings is 1. The van der Waals surface area contributed by atoms with Crippen molar-refractivity contribution in [3.8, 4) is 5.75 Å². The first-order valence-corrected chi connectivity index (χ1v) is 7.68. The van der Waals surface area contributed by atoms with Gasteiger partial charge in [0, 0.05) is 18.0 Å². The van der Waals surface area contributed by atoms with Gasteiger partial charge in [0.05, 0.1) is 11.6 Å². The zero-order valence-corrected chi connectivity index (χ0v) is 12.8. The van der Waals surface area contributed by atoms with Crippen LogP contribution in [0.15, 0.2) is 29.1 Å². The van der Waals surface area contributed by atoms with E-state index in [0.717, 1.165) is 25.8 Å². The summed E-state index contributed by atoms with van der Waals surface area (Å²) >= 11 is 0. The van der Waals surface area contributed by atoms with Crippen molar-refractivity contribution < 1.29 is 10.2 Å². The van der Waals surface area contributed by atoms with Crippen LogP contribution in [-0.4, -0.2) is 28.3 Å². The van der Waals surface area contributed by atoms with Crippen LogP contribution >= 0.6 is 0 Å². The lowest BCUT2D eigenvalue weighted by Gasteiger charge is -2.15. The van der Waals surface area contributed by atoms with Gasteiger partial charge in [0.25, 0.3) is 0 Å². The fraction of sp³-hybridized carbons (Fsp3) is 0.412. The van der Waals surface area contributed by atoms with Gasteiger partial charge in [-0.3, -0.25) is 4.79 Å². The van der Waals surface area contributed by atoms with Crippen molar-refractivity contribution in [3.05, 3.63) is 46.6 Å². The molecular formula is C17H23N2O3. The zero-order chi connectivity index (χ0) is 15.9. The highest BCUT2D eigenvalue weighted by Crippen LogP contribution is 2.28. The minimum atomic E-state index is -0.691. The molecule has 5 nitrogen and oxygen atoms in total. The van der Waals surface area contributed by atoms with Crippen LogP contribution in [0.3, 0.4) is 0 Å². The van der Waals surface area contributed by atoms with Gasteiger partial charge in [0.1, 0.15) is 5.75 Å². The Hall–Kier alpha value is -1.85. The van der Waals surface area contributed by atoms with Crippen LogP contribution in [0, 0.1) is 6.42 Å². The second kappa shape index (κ2) is 7.96. The molecule has 119 valence electrons. The second-order valence-electron chi connectivity index (χ2n) is 5.34. The largest absolute Gasteiger partial charge is 0.506 e. The average molecular weight is 303 g/mol. The van der Waals surface area contributed by atoms with Gasteiger partial charge in [0.15, 0.2) is 0 Å². The SMILES string of the molecule is CC[CH]CCCNC[C@H](O)c1ccc(O)c2[nH]c(=O)ccc12. The van der Waals surface area contributed by atoms with Gasteiger partial charge >= 0.3 is 0 Å². The van der Waals surface area contributed by atoms with Crippen LogP contribution in [0.1, 0.15) is 37.9 Å². The number of unbranched alkanes of at least 4 members (excludes halogenated alkanes) is 3. The number of aromatic hydroxyl groups is 1. The summed E-state index contributed by atoms with van der Waals surface area (Å²) in [6.45, 7) is 3.41. The number of phenols is 1. The Morgan fingerprint density at radius 3 is 2.91 bits per heavy atom. The minimum Gasteiger partial charge on any atom is -0.506 e. The molecule has 1 heterocycles. The van der Waals surface area contributed by atoms with Gasteiger partial charge in [-0.1, -0.05) is 19.4 Å². The normalized spacial score (nSPS) is 12.6. The molecule has 0 bridgehead atoms. The van der Waals surface area contributed by atoms with E-state index in [2.05, 4.69) is 23.6 Å². The summed E-state index contributed by atoms with van der Waals surface area (Å²) in [5, 5.41) is 24.1. The zero-order valence-electron chi connectivity index (χ0n) is 12.8. The van der Waals surface area contributed by atoms with E-state index in [4.69, 9.17) is 0 Å². The number of aromatic nitrogens is 1. The molecule has 1 aromatic carbocycles. The summed E-state index contributed by atoms with van der Waals surface area (Å²) in [5.74, 6) is 0.00621. The molecule has 0 spiro atoms. The second-order valence-corrected chi connectivity index (χ2v) is 5.34. The highest BCUT2D eigenvalue weighted by molar-refractivity contribution is 5.87. The number of phenolic OH excluding ortho intramolecular Hbond substituents is 1. The van der Waals surface area contributed by atoms with Crippen LogP contribution < -0.4 is 10.9 Å². The number of aliphatic hydroxyl groups excluding tert-OH is 1. The van der Waals surface area contributed by atoms with Crippen LogP contribution in [-0.2, 0) is 0 Å². The van der Waals surface area contributed by atoms with Crippen molar-refractivity contribution in [1.29, 1.82) is 0 Å². The predicted molar refractivity (Wildman–Crippen MR) is 87.9 cm³/mol. The lowest BCUT2D eigenvalue weighted by atomic mass is 10.0. The minimum absolute atomic E-state index is 0.00621. The van der Waals surface area contributed by atoms with Crippen LogP contribution in [0.5, 0.6) is 5.75 Å². The van der Waals surface area contributed by atoms with E-state index in [1.54, 1.807) is 12.1 Å². The molecule has 0 unspecified atom stereocenters. The summed E-state index contributed by atoms with van der Waals surface area (Å²) in [6.07, 6.45) is 4.75. The predicted octanol–water partition coefficient (Wildman–Crippen LogP) is 2.25. The van der Waals surface area contributed by atoms with Crippen LogP contribution in [0.25, 0.3) is 10.9 Å². The molecule has 5 heteroatoms. The van der Waals surface area contributed by atoms with Crippen molar-refractivity contribution in [1.82, 2.24) is 10.3 Å². The molecule has 0 aliphatic carbocycles. The number of hydrogen-bond donors (Lipinski definition) is 4. The van der Waals surface area contributed by atoms with Gasteiger partial charge in [-0.05, 0) is 43.5 Å². The Labute approximate surface area is 130 Å². The molecule has 0 amide bonds. The van der Waals surface area contributed by atoms with Gasteiger partial charge in [-0.15, -0.1) is 0 Å². The summed E-state index contributed by atoms with van der Waals surface area (Å²) < 4.78 is 0. The maximum absolute atomic E-state index is 11.4. The standard InChI is InChI=1S/C17H23N2O3/c1-2-3-4-5-10-18-11-15(21)12-6-8-14(20)17-13(12)7-9-16(22)19-17/h3,6-9,15,18,20-21H,2,4-5,10-11H2,1H3,(H,19,22)/t15-/m0/s1. The van der Waals surface area contributed by atoms with Gasteiger partial charge in [0.2, 0.25) is 5.56 Å². The van der Waals surface area contributed by atoms with Crippen molar-refractivity contribution in [2.75, 3.05) is 13.1 Å². The number of aliphatic hydroxyl groups is 1. The summed E-state index contributed by atoms with van der Waals surface area (Å²) in [6, 6.07) is 6.20. The molecule has 0 aliphatic rings. The maximum Gasteiger partial charge on any atom is 0.248 e. The van der Waals surface area contributed by atoms with Crippen molar-refractivity contribution in [2.24, 2.45) is 0 Å². The number of aromatic amines is 1. The van der Waals surface area contributed by atoms with Gasteiger partial charge < -0.3 is 20.5 Å². The Morgan fingerprint density at radius 1 is 1.32 bits per heavy atom. The van der Waals surface area contributed by atoms with E-state index in [1.165, 1.54) is 12.1 Å². The monoisotopic (exact) mass is 303 g/mol. The first-order valence-electron chi connectivity index (χ1n) is 7.68. The quantitative estimate of drug-likeness (QED) is 0.564. The molecule has 2 aromatic rings. The number of benzene rings is 1. The van der Waals surface area contributed by atoms with Gasteiger partial charge in [-0.25, -0.2) is 0 Å². The third-order valence-electron chi connectivity index (χ3n) is 3.65. The third kappa shape index (κ3) is 4.08. The Morgan fingerprint density at radius 2 is 2.14 bits per heavy atom. The molecule has 4 N–H and O–H groups in total. The molecule has 0 saturated heterocycles. The van der Waals surface area contributed by atoms with Crippen LogP contribution in [0.2, 0.25) is 0 Å². The molecule has 0 fully saturated rings. The first-order chi connectivity index (χ1) is 10.6. The highest BCUT2D eigenvalue weighted by atomic mass is 16.3. The fourth-order valence-corrected chi connectivity index (χ4v) is 2.47. The first kappa shape index (κ1) is 16.5. The van der Waals surface area contributed by atoms with Gasteiger partial charge in [-0.2, -0.15) is 0 Å². The summed E-state index contributed by atoms with van der Waals surface area (Å²) in [4.78, 5) is 14.0. The van der Waals surface area contributed by atoms with E-state index >= 15 is 0 Å². The number of hydrogen-bond acceptors (Lipinski definition) is 4. The molecule has 0 aliphatic heterocycles. The van der Waals surface area contributed by atoms with E-state index in [1.807, 2.05) is 0 Å². The molecule has 1 aromatic heterocycles. The molecule has 1 atom stereocenters. The average Bonchev–Trinajstić information content (AvgIpc) is 2.51. The number of nitrogens with one attached hydrogen (secondary N) is 2. The smallest absolute Gasteiger partial charge is 0.248 e. The number of H-pyrrole nitrogens is 1. The van der Waals surface area contributed by atoms with E-state index in [9.17, 15) is 15.0 Å². The Bertz CT molecular complexity index is 666. The third-order valence-corrected chi connectivity index (χ3v) is 3.65. The van der Waals surface area contributed by atoms with Crippen molar-refractivity contribution in [2.45, 2.75) is 32.3 Å². The number of fused-ring (bicyclic) bond motifs is 1. The lowest BCUT2D eigenvalue weighted by molar-refractivity contribution is 0.176. The van der Waals surface area contributed by atoms with Crippen molar-refractivity contribution >= 4 is 10.9 Å². The van der Waals surface area contributed by atoms with Crippen molar-refractivity contribution in [3.63, 3.8) is 0 Å². The molecule has 0 saturated carbocycles. The highest BCUT2D eigenvalue weighted by Gasteiger charge is 2.13. The molecule has 2 rings (SSSR count). The van der Waals surface area contributed by atoms with Crippen LogP contribution in [0.4, 0.5) is 0 Å². The summed E-state index contributed by atoms with van der Waals surface area (Å²) in [5.41, 5.74) is 0.776. The Kier molecular flexibility index (Phi) is 5.98. The molecule has 22 heavy (non-hydrogen) atoms. The topological polar surface area (TPSA) is 85.3 Å². The fourth-order valence-electron chi connectivity index (χ4n) is 2.47. The molecular weight excluding hydrogens is 280 g/mol. The van der Waals surface area contributed by atoms with E-state index in [-0.39, 0.29) is 11.3 Å². The Balaban J connectivity index is 2.04. The number of rotatable bonds is 8. The summed E-state index contributed by atoms with van der Waals surface area (Å²) in [7, 11) is 0.